The van der Waals surface area contributed by atoms with E-state index < -0.39 is 12.1 Å². The minimum absolute atomic E-state index is 0. The highest BCUT2D eigenvalue weighted by Gasteiger charge is 2.25. The summed E-state index contributed by atoms with van der Waals surface area (Å²) in [5, 5.41) is 5.49. The van der Waals surface area contributed by atoms with Gasteiger partial charge in [0.25, 0.3) is 0 Å². The van der Waals surface area contributed by atoms with Gasteiger partial charge in [-0.1, -0.05) is 13.8 Å². The molecule has 1 fully saturated rings. The quantitative estimate of drug-likeness (QED) is 0.679. The average molecular weight is 264 g/mol. The van der Waals surface area contributed by atoms with Gasteiger partial charge in [0.2, 0.25) is 11.8 Å². The normalized spacial score (nSPS) is 22.1. The fourth-order valence-corrected chi connectivity index (χ4v) is 1.65. The Kier molecular flexibility index (Phi) is 7.15. The van der Waals surface area contributed by atoms with Crippen LogP contribution in [0, 0.1) is 5.92 Å². The summed E-state index contributed by atoms with van der Waals surface area (Å²) < 4.78 is 0. The molecule has 5 nitrogen and oxygen atoms in total. The lowest BCUT2D eigenvalue weighted by Crippen LogP contribution is -2.52. The Bertz CT molecular complexity index is 271. The lowest BCUT2D eigenvalue weighted by atomic mass is 10.0. The Morgan fingerprint density at radius 1 is 1.47 bits per heavy atom. The molecule has 0 aromatic rings. The average Bonchev–Trinajstić information content (AvgIpc) is 2.43. The summed E-state index contributed by atoms with van der Waals surface area (Å²) in [5.74, 6) is -0.257. The minimum atomic E-state index is -0.545. The number of rotatable bonds is 3. The van der Waals surface area contributed by atoms with Crippen LogP contribution in [0.5, 0.6) is 0 Å². The summed E-state index contributed by atoms with van der Waals surface area (Å²) in [6.45, 7) is 4.47. The molecule has 1 heterocycles. The number of nitrogens with two attached hydrogens (primary N) is 1. The summed E-state index contributed by atoms with van der Waals surface area (Å²) >= 11 is 0. The van der Waals surface area contributed by atoms with Gasteiger partial charge in [-0.3, -0.25) is 9.59 Å². The molecule has 0 spiro atoms. The number of carbonyl (C=O) groups is 2. The van der Waals surface area contributed by atoms with E-state index in [1.165, 1.54) is 0 Å². The first-order chi connectivity index (χ1) is 7.52. The molecule has 0 saturated carbocycles. The molecule has 1 aliphatic heterocycles. The van der Waals surface area contributed by atoms with Crippen molar-refractivity contribution in [3.63, 3.8) is 0 Å². The maximum Gasteiger partial charge on any atom is 0.242 e. The fourth-order valence-electron chi connectivity index (χ4n) is 1.65. The Balaban J connectivity index is 0.00000256. The SMILES string of the molecule is CC(C)[C@@H](N)C(=O)NC1CCCCNC1=O.Cl. The van der Waals surface area contributed by atoms with Crippen LogP contribution in [0.2, 0.25) is 0 Å². The van der Waals surface area contributed by atoms with Gasteiger partial charge in [-0.05, 0) is 25.2 Å². The molecule has 1 unspecified atom stereocenters. The van der Waals surface area contributed by atoms with Crippen LogP contribution >= 0.6 is 12.4 Å². The van der Waals surface area contributed by atoms with Gasteiger partial charge >= 0.3 is 0 Å². The van der Waals surface area contributed by atoms with Crippen LogP contribution in [0.3, 0.4) is 0 Å². The lowest BCUT2D eigenvalue weighted by Gasteiger charge is -2.20. The lowest BCUT2D eigenvalue weighted by molar-refractivity contribution is -0.130. The van der Waals surface area contributed by atoms with E-state index >= 15 is 0 Å². The highest BCUT2D eigenvalue weighted by molar-refractivity contribution is 5.89. The smallest absolute Gasteiger partial charge is 0.242 e. The van der Waals surface area contributed by atoms with Gasteiger partial charge in [-0.25, -0.2) is 0 Å². The molecule has 0 radical (unpaired) electrons. The third kappa shape index (κ3) is 4.91. The second-order valence-corrected chi connectivity index (χ2v) is 4.62. The number of carbonyl (C=O) groups excluding carboxylic acids is 2. The molecule has 1 rings (SSSR count). The Morgan fingerprint density at radius 2 is 2.12 bits per heavy atom. The van der Waals surface area contributed by atoms with E-state index in [0.717, 1.165) is 12.8 Å². The van der Waals surface area contributed by atoms with Gasteiger partial charge in [0, 0.05) is 6.54 Å². The van der Waals surface area contributed by atoms with Crippen LogP contribution in [-0.2, 0) is 9.59 Å². The summed E-state index contributed by atoms with van der Waals surface area (Å²) in [6, 6.07) is -0.962. The maximum absolute atomic E-state index is 11.7. The molecule has 2 amide bonds. The number of amides is 2. The largest absolute Gasteiger partial charge is 0.354 e. The van der Waals surface area contributed by atoms with E-state index in [0.29, 0.717) is 13.0 Å². The van der Waals surface area contributed by atoms with Crippen molar-refractivity contribution >= 4 is 24.2 Å². The Morgan fingerprint density at radius 3 is 2.71 bits per heavy atom. The van der Waals surface area contributed by atoms with Crippen molar-refractivity contribution in [1.29, 1.82) is 0 Å². The van der Waals surface area contributed by atoms with E-state index in [1.807, 2.05) is 13.8 Å². The van der Waals surface area contributed by atoms with Crippen LogP contribution in [0.25, 0.3) is 0 Å². The van der Waals surface area contributed by atoms with Crippen molar-refractivity contribution in [1.82, 2.24) is 10.6 Å². The predicted molar refractivity (Wildman–Crippen MR) is 68.9 cm³/mol. The summed E-state index contributed by atoms with van der Waals surface area (Å²) in [7, 11) is 0. The monoisotopic (exact) mass is 263 g/mol. The molecule has 0 aromatic heterocycles. The van der Waals surface area contributed by atoms with Gasteiger partial charge in [0.05, 0.1) is 6.04 Å². The molecule has 0 bridgehead atoms. The van der Waals surface area contributed by atoms with Crippen LogP contribution in [0.4, 0.5) is 0 Å². The predicted octanol–water partition coefficient (Wildman–Crippen LogP) is 0.176. The fraction of sp³-hybridized carbons (Fsp3) is 0.818. The van der Waals surface area contributed by atoms with Crippen LogP contribution in [0.15, 0.2) is 0 Å². The molecule has 100 valence electrons. The van der Waals surface area contributed by atoms with E-state index in [2.05, 4.69) is 10.6 Å². The molecule has 6 heteroatoms. The van der Waals surface area contributed by atoms with Crippen molar-refractivity contribution in [2.75, 3.05) is 6.54 Å². The van der Waals surface area contributed by atoms with Crippen molar-refractivity contribution in [2.24, 2.45) is 11.7 Å². The second kappa shape index (κ2) is 7.50. The van der Waals surface area contributed by atoms with Gasteiger partial charge < -0.3 is 16.4 Å². The number of nitrogens with one attached hydrogen (secondary N) is 2. The first kappa shape index (κ1) is 16.2. The molecule has 2 atom stereocenters. The third-order valence-electron chi connectivity index (χ3n) is 2.87. The first-order valence-electron chi connectivity index (χ1n) is 5.86. The topological polar surface area (TPSA) is 84.2 Å². The molecule has 1 aliphatic rings. The van der Waals surface area contributed by atoms with Crippen molar-refractivity contribution in [3.8, 4) is 0 Å². The van der Waals surface area contributed by atoms with Gasteiger partial charge in [-0.15, -0.1) is 12.4 Å². The minimum Gasteiger partial charge on any atom is -0.354 e. The summed E-state index contributed by atoms with van der Waals surface area (Å²) in [4.78, 5) is 23.3. The van der Waals surface area contributed by atoms with Gasteiger partial charge in [0.1, 0.15) is 6.04 Å². The zero-order valence-electron chi connectivity index (χ0n) is 10.4. The number of hydrogen-bond donors (Lipinski definition) is 3. The van der Waals surface area contributed by atoms with E-state index in [-0.39, 0.29) is 30.1 Å². The first-order valence-corrected chi connectivity index (χ1v) is 5.86. The standard InChI is InChI=1S/C11H21N3O2.ClH/c1-7(2)9(12)11(16)14-8-5-3-4-6-13-10(8)15;/h7-9H,3-6,12H2,1-2H3,(H,13,15)(H,14,16);1H/t8?,9-;/m1./s1. The molecule has 1 saturated heterocycles. The second-order valence-electron chi connectivity index (χ2n) is 4.62. The third-order valence-corrected chi connectivity index (χ3v) is 2.87. The van der Waals surface area contributed by atoms with Gasteiger partial charge in [0.15, 0.2) is 0 Å². The zero-order valence-corrected chi connectivity index (χ0v) is 11.2. The number of halogens is 1. The molecular formula is C11H22ClN3O2. The number of hydrogen-bond acceptors (Lipinski definition) is 3. The summed E-state index contributed by atoms with van der Waals surface area (Å²) in [6.07, 6.45) is 2.61. The van der Waals surface area contributed by atoms with Crippen LogP contribution < -0.4 is 16.4 Å². The summed E-state index contributed by atoms with van der Waals surface area (Å²) in [5.41, 5.74) is 5.72. The Labute approximate surface area is 108 Å². The highest BCUT2D eigenvalue weighted by atomic mass is 35.5. The molecular weight excluding hydrogens is 242 g/mol. The molecule has 0 aromatic carbocycles. The van der Waals surface area contributed by atoms with Crippen LogP contribution in [0.1, 0.15) is 33.1 Å². The Hall–Kier alpha value is -0.810. The van der Waals surface area contributed by atoms with Gasteiger partial charge in [-0.2, -0.15) is 0 Å². The molecule has 0 aliphatic carbocycles. The van der Waals surface area contributed by atoms with Crippen molar-refractivity contribution in [2.45, 2.75) is 45.2 Å². The molecule has 17 heavy (non-hydrogen) atoms. The van der Waals surface area contributed by atoms with E-state index in [1.54, 1.807) is 0 Å². The van der Waals surface area contributed by atoms with E-state index in [9.17, 15) is 9.59 Å². The van der Waals surface area contributed by atoms with Crippen molar-refractivity contribution in [3.05, 3.63) is 0 Å². The van der Waals surface area contributed by atoms with Crippen LogP contribution in [-0.4, -0.2) is 30.4 Å². The maximum atomic E-state index is 11.7. The zero-order chi connectivity index (χ0) is 12.1. The van der Waals surface area contributed by atoms with E-state index in [4.69, 9.17) is 5.73 Å². The highest BCUT2D eigenvalue weighted by Crippen LogP contribution is 2.06. The molecule has 4 N–H and O–H groups in total. The van der Waals surface area contributed by atoms with Crippen molar-refractivity contribution < 1.29 is 9.59 Å².